The van der Waals surface area contributed by atoms with Gasteiger partial charge in [-0.3, -0.25) is 4.79 Å². The number of amides is 1. The largest absolute Gasteiger partial charge is 0.507 e. The Bertz CT molecular complexity index is 456. The number of carbonyl (C=O) groups excluding carboxylic acids is 1. The molecule has 1 amide bonds. The molecular weight excluding hydrogens is 208 g/mol. The molecule has 0 bridgehead atoms. The van der Waals surface area contributed by atoms with Crippen molar-refractivity contribution in [2.45, 2.75) is 19.6 Å². The third-order valence-corrected chi connectivity index (χ3v) is 2.38. The molecule has 1 aromatic carbocycles. The standard InChI is InChI=1S/C11H12N2O3/c1-7-6-10(15)13(12-7)11(16)8-4-2-3-5-9(8)14/h2-5,10,14-15H,6H2,1H3. The van der Waals surface area contributed by atoms with Crippen molar-refractivity contribution < 1.29 is 15.0 Å². The number of carbonyl (C=O) groups is 1. The molecule has 84 valence electrons. The quantitative estimate of drug-likeness (QED) is 0.739. The molecule has 5 nitrogen and oxygen atoms in total. The smallest absolute Gasteiger partial charge is 0.280 e. The number of aliphatic hydroxyl groups is 1. The van der Waals surface area contributed by atoms with Gasteiger partial charge in [0.25, 0.3) is 5.91 Å². The summed E-state index contributed by atoms with van der Waals surface area (Å²) in [6.45, 7) is 1.74. The molecule has 0 saturated carbocycles. The molecule has 1 aliphatic heterocycles. The van der Waals surface area contributed by atoms with Crippen LogP contribution in [0.5, 0.6) is 5.75 Å². The van der Waals surface area contributed by atoms with Crippen LogP contribution in [-0.4, -0.2) is 33.1 Å². The number of hydrogen-bond donors (Lipinski definition) is 2. The van der Waals surface area contributed by atoms with E-state index in [0.29, 0.717) is 12.1 Å². The Morgan fingerprint density at radius 2 is 2.19 bits per heavy atom. The van der Waals surface area contributed by atoms with Crippen molar-refractivity contribution in [3.05, 3.63) is 29.8 Å². The van der Waals surface area contributed by atoms with E-state index < -0.39 is 12.1 Å². The SMILES string of the molecule is CC1=NN(C(=O)c2ccccc2O)C(O)C1. The van der Waals surface area contributed by atoms with Gasteiger partial charge in [-0.2, -0.15) is 5.10 Å². The zero-order valence-corrected chi connectivity index (χ0v) is 8.79. The molecule has 5 heteroatoms. The van der Waals surface area contributed by atoms with Crippen LogP contribution in [0, 0.1) is 0 Å². The van der Waals surface area contributed by atoms with Crippen molar-refractivity contribution in [1.82, 2.24) is 5.01 Å². The van der Waals surface area contributed by atoms with Crippen LogP contribution in [0.2, 0.25) is 0 Å². The maximum Gasteiger partial charge on any atom is 0.280 e. The summed E-state index contributed by atoms with van der Waals surface area (Å²) in [4.78, 5) is 11.9. The fourth-order valence-electron chi connectivity index (χ4n) is 1.60. The van der Waals surface area contributed by atoms with E-state index in [4.69, 9.17) is 0 Å². The normalized spacial score (nSPS) is 19.8. The maximum absolute atomic E-state index is 11.9. The van der Waals surface area contributed by atoms with E-state index in [1.165, 1.54) is 12.1 Å². The van der Waals surface area contributed by atoms with Gasteiger partial charge >= 0.3 is 0 Å². The van der Waals surface area contributed by atoms with Gasteiger partial charge in [-0.1, -0.05) is 12.1 Å². The average Bonchev–Trinajstić information content (AvgIpc) is 2.58. The number of rotatable bonds is 1. The highest BCUT2D eigenvalue weighted by Gasteiger charge is 2.29. The van der Waals surface area contributed by atoms with E-state index in [1.54, 1.807) is 19.1 Å². The van der Waals surface area contributed by atoms with Crippen LogP contribution in [0.15, 0.2) is 29.4 Å². The van der Waals surface area contributed by atoms with E-state index in [0.717, 1.165) is 5.01 Å². The molecule has 0 aromatic heterocycles. The van der Waals surface area contributed by atoms with E-state index in [1.807, 2.05) is 0 Å². The average molecular weight is 220 g/mol. The van der Waals surface area contributed by atoms with Crippen molar-refractivity contribution >= 4 is 11.6 Å². The Kier molecular flexibility index (Phi) is 2.62. The Morgan fingerprint density at radius 3 is 2.75 bits per heavy atom. The number of aromatic hydroxyl groups is 1. The Hall–Kier alpha value is -1.88. The number of phenols is 1. The first-order valence-corrected chi connectivity index (χ1v) is 4.93. The first-order valence-electron chi connectivity index (χ1n) is 4.93. The number of para-hydroxylation sites is 1. The Balaban J connectivity index is 2.30. The Labute approximate surface area is 92.6 Å². The molecule has 0 fully saturated rings. The summed E-state index contributed by atoms with van der Waals surface area (Å²) in [7, 11) is 0. The van der Waals surface area contributed by atoms with Crippen molar-refractivity contribution in [3.8, 4) is 5.75 Å². The monoisotopic (exact) mass is 220 g/mol. The number of benzene rings is 1. The minimum absolute atomic E-state index is 0.112. The fraction of sp³-hybridized carbons (Fsp3) is 0.273. The molecular formula is C11H12N2O3. The second kappa shape index (κ2) is 3.94. The van der Waals surface area contributed by atoms with Crippen LogP contribution in [-0.2, 0) is 0 Å². The highest BCUT2D eigenvalue weighted by Crippen LogP contribution is 2.22. The number of nitrogens with zero attached hydrogens (tertiary/aromatic N) is 2. The van der Waals surface area contributed by atoms with Gasteiger partial charge in [-0.25, -0.2) is 5.01 Å². The lowest BCUT2D eigenvalue weighted by Gasteiger charge is -2.17. The molecule has 2 rings (SSSR count). The first-order chi connectivity index (χ1) is 7.59. The van der Waals surface area contributed by atoms with Crippen LogP contribution >= 0.6 is 0 Å². The van der Waals surface area contributed by atoms with Crippen LogP contribution < -0.4 is 0 Å². The van der Waals surface area contributed by atoms with Gasteiger partial charge in [0.15, 0.2) is 6.23 Å². The molecule has 0 radical (unpaired) electrons. The molecule has 0 aliphatic carbocycles. The van der Waals surface area contributed by atoms with Crippen molar-refractivity contribution in [1.29, 1.82) is 0 Å². The maximum atomic E-state index is 11.9. The molecule has 2 N–H and O–H groups in total. The summed E-state index contributed by atoms with van der Waals surface area (Å²) >= 11 is 0. The first kappa shape index (κ1) is 10.6. The summed E-state index contributed by atoms with van der Waals surface area (Å²) in [5.41, 5.74) is 0.830. The van der Waals surface area contributed by atoms with Gasteiger partial charge < -0.3 is 10.2 Å². The number of hydrogen-bond acceptors (Lipinski definition) is 4. The molecule has 0 spiro atoms. The lowest BCUT2D eigenvalue weighted by molar-refractivity contribution is 0.0215. The third-order valence-electron chi connectivity index (χ3n) is 2.38. The minimum atomic E-state index is -0.938. The highest BCUT2D eigenvalue weighted by atomic mass is 16.3. The summed E-state index contributed by atoms with van der Waals surface area (Å²) < 4.78 is 0. The van der Waals surface area contributed by atoms with Gasteiger partial charge in [0.1, 0.15) is 5.75 Å². The lowest BCUT2D eigenvalue weighted by atomic mass is 10.2. The minimum Gasteiger partial charge on any atom is -0.507 e. The number of aliphatic hydroxyl groups excluding tert-OH is 1. The van der Waals surface area contributed by atoms with Gasteiger partial charge in [0, 0.05) is 12.1 Å². The molecule has 1 heterocycles. The van der Waals surface area contributed by atoms with Crippen molar-refractivity contribution in [2.24, 2.45) is 5.10 Å². The Morgan fingerprint density at radius 1 is 1.50 bits per heavy atom. The second-order valence-corrected chi connectivity index (χ2v) is 3.69. The number of phenolic OH excluding ortho intramolecular Hbond substituents is 1. The predicted molar refractivity (Wildman–Crippen MR) is 58.0 cm³/mol. The van der Waals surface area contributed by atoms with E-state index in [-0.39, 0.29) is 11.3 Å². The van der Waals surface area contributed by atoms with Gasteiger partial charge in [0.2, 0.25) is 0 Å². The summed E-state index contributed by atoms with van der Waals surface area (Å²) in [6, 6.07) is 6.19. The van der Waals surface area contributed by atoms with Crippen molar-refractivity contribution in [2.75, 3.05) is 0 Å². The fourth-order valence-corrected chi connectivity index (χ4v) is 1.60. The summed E-state index contributed by atoms with van der Waals surface area (Å²) in [5, 5.41) is 24.0. The van der Waals surface area contributed by atoms with Crippen LogP contribution in [0.25, 0.3) is 0 Å². The van der Waals surface area contributed by atoms with Crippen LogP contribution in [0.1, 0.15) is 23.7 Å². The second-order valence-electron chi connectivity index (χ2n) is 3.69. The van der Waals surface area contributed by atoms with Crippen molar-refractivity contribution in [3.63, 3.8) is 0 Å². The van der Waals surface area contributed by atoms with E-state index in [2.05, 4.69) is 5.10 Å². The van der Waals surface area contributed by atoms with Crippen LogP contribution in [0.3, 0.4) is 0 Å². The molecule has 0 saturated heterocycles. The molecule has 1 aliphatic rings. The zero-order valence-electron chi connectivity index (χ0n) is 8.79. The van der Waals surface area contributed by atoms with Crippen LogP contribution in [0.4, 0.5) is 0 Å². The van der Waals surface area contributed by atoms with E-state index >= 15 is 0 Å². The predicted octanol–water partition coefficient (Wildman–Crippen LogP) is 0.932. The topological polar surface area (TPSA) is 73.1 Å². The molecule has 1 unspecified atom stereocenters. The molecule has 16 heavy (non-hydrogen) atoms. The lowest BCUT2D eigenvalue weighted by Crippen LogP contribution is -2.32. The van der Waals surface area contributed by atoms with Gasteiger partial charge in [-0.05, 0) is 19.1 Å². The van der Waals surface area contributed by atoms with Gasteiger partial charge in [-0.15, -0.1) is 0 Å². The van der Waals surface area contributed by atoms with E-state index in [9.17, 15) is 15.0 Å². The van der Waals surface area contributed by atoms with Gasteiger partial charge in [0.05, 0.1) is 5.56 Å². The highest BCUT2D eigenvalue weighted by molar-refractivity contribution is 5.99. The summed E-state index contributed by atoms with van der Waals surface area (Å²) in [6.07, 6.45) is -0.591. The summed E-state index contributed by atoms with van der Waals surface area (Å²) in [5.74, 6) is -0.609. The molecule has 1 atom stereocenters. The third kappa shape index (κ3) is 1.77. The zero-order chi connectivity index (χ0) is 11.7. The number of hydrazone groups is 1. The molecule has 1 aromatic rings.